The van der Waals surface area contributed by atoms with E-state index >= 15 is 0 Å². The van der Waals surface area contributed by atoms with Gasteiger partial charge >= 0.3 is 18.0 Å². The van der Waals surface area contributed by atoms with Crippen molar-refractivity contribution < 1.29 is 30.7 Å². The summed E-state index contributed by atoms with van der Waals surface area (Å²) in [6, 6.07) is 6.71. The molecule has 1 aliphatic carbocycles. The highest BCUT2D eigenvalue weighted by molar-refractivity contribution is 6.03. The maximum atomic E-state index is 14.8. The molecule has 0 amide bonds. The van der Waals surface area contributed by atoms with E-state index in [0.29, 0.717) is 53.0 Å². The van der Waals surface area contributed by atoms with Crippen molar-refractivity contribution in [3.8, 4) is 11.3 Å². The number of benzene rings is 2. The van der Waals surface area contributed by atoms with E-state index in [1.54, 1.807) is 26.0 Å². The highest BCUT2D eigenvalue weighted by atomic mass is 19.4. The van der Waals surface area contributed by atoms with Gasteiger partial charge in [0.15, 0.2) is 0 Å². The Morgan fingerprint density at radius 3 is 2.19 bits per heavy atom. The van der Waals surface area contributed by atoms with Crippen LogP contribution in [0.4, 0.5) is 30.7 Å². The van der Waals surface area contributed by atoms with Gasteiger partial charge in [0, 0.05) is 27.9 Å². The van der Waals surface area contributed by atoms with Crippen LogP contribution < -0.4 is 0 Å². The summed E-state index contributed by atoms with van der Waals surface area (Å²) in [4.78, 5) is 3.12. The number of hydrogen-bond acceptors (Lipinski definition) is 1. The minimum atomic E-state index is -6.17. The maximum Gasteiger partial charge on any atom is 0.435 e. The molecule has 2 N–H and O–H groups in total. The third-order valence-corrected chi connectivity index (χ3v) is 6.17. The fourth-order valence-corrected chi connectivity index (χ4v) is 4.40. The van der Waals surface area contributed by atoms with Crippen LogP contribution in [0.1, 0.15) is 41.2 Å². The number of fused-ring (bicyclic) bond motifs is 2. The SMILES string of the molecule is CCc1cc(C(F)(C(F)(F)F)C(F)(F)F)cc2c(C)c(-c3ccc4c(c3)CCC4=N)[nH]c12. The zero-order chi connectivity index (χ0) is 23.6. The minimum absolute atomic E-state index is 0.108. The second-order valence-electron chi connectivity index (χ2n) is 8.04. The average molecular weight is 456 g/mol. The minimum Gasteiger partial charge on any atom is -0.354 e. The van der Waals surface area contributed by atoms with Gasteiger partial charge in [0.2, 0.25) is 0 Å². The lowest BCUT2D eigenvalue weighted by Crippen LogP contribution is -2.50. The highest BCUT2D eigenvalue weighted by Crippen LogP contribution is 2.54. The topological polar surface area (TPSA) is 39.6 Å². The van der Waals surface area contributed by atoms with Gasteiger partial charge in [-0.15, -0.1) is 0 Å². The monoisotopic (exact) mass is 456 g/mol. The summed E-state index contributed by atoms with van der Waals surface area (Å²) in [6.45, 7) is 3.16. The van der Waals surface area contributed by atoms with Gasteiger partial charge in [-0.05, 0) is 72.2 Å². The van der Waals surface area contributed by atoms with Gasteiger partial charge in [0.05, 0.1) is 0 Å². The average Bonchev–Trinajstić information content (AvgIpc) is 3.25. The van der Waals surface area contributed by atoms with Gasteiger partial charge in [-0.3, -0.25) is 0 Å². The Morgan fingerprint density at radius 1 is 0.938 bits per heavy atom. The van der Waals surface area contributed by atoms with Gasteiger partial charge in [0.1, 0.15) is 0 Å². The first kappa shape index (κ1) is 22.4. The number of nitrogens with one attached hydrogen (secondary N) is 2. The van der Waals surface area contributed by atoms with Crippen LogP contribution in [0.25, 0.3) is 22.2 Å². The molecule has 0 aliphatic heterocycles. The summed E-state index contributed by atoms with van der Waals surface area (Å²) in [6.07, 6.45) is -10.9. The van der Waals surface area contributed by atoms with Gasteiger partial charge in [-0.2, -0.15) is 26.3 Å². The van der Waals surface area contributed by atoms with E-state index in [9.17, 15) is 30.7 Å². The molecule has 2 nitrogen and oxygen atoms in total. The lowest BCUT2D eigenvalue weighted by atomic mass is 9.90. The van der Waals surface area contributed by atoms with Crippen LogP contribution in [0.5, 0.6) is 0 Å². The lowest BCUT2D eigenvalue weighted by molar-refractivity contribution is -0.348. The summed E-state index contributed by atoms with van der Waals surface area (Å²) in [5.41, 5.74) is -2.43. The van der Waals surface area contributed by atoms with Crippen LogP contribution in [0, 0.1) is 12.3 Å². The van der Waals surface area contributed by atoms with Crippen LogP contribution in [0.2, 0.25) is 0 Å². The fourth-order valence-electron chi connectivity index (χ4n) is 4.40. The van der Waals surface area contributed by atoms with Crippen LogP contribution >= 0.6 is 0 Å². The molecular formula is C23H19F7N2. The van der Waals surface area contributed by atoms with Crippen LogP contribution in [0.3, 0.4) is 0 Å². The van der Waals surface area contributed by atoms with E-state index in [1.165, 1.54) is 0 Å². The van der Waals surface area contributed by atoms with Crippen molar-refractivity contribution in [1.29, 1.82) is 5.41 Å². The second kappa shape index (κ2) is 7.08. The normalized spacial score (nSPS) is 15.0. The first-order valence-corrected chi connectivity index (χ1v) is 9.98. The summed E-state index contributed by atoms with van der Waals surface area (Å²) in [7, 11) is 0. The summed E-state index contributed by atoms with van der Waals surface area (Å²) in [5.74, 6) is 0. The van der Waals surface area contributed by atoms with E-state index in [1.807, 2.05) is 6.07 Å². The van der Waals surface area contributed by atoms with E-state index in [0.717, 1.165) is 11.1 Å². The smallest absolute Gasteiger partial charge is 0.354 e. The molecular weight excluding hydrogens is 437 g/mol. The molecule has 0 saturated carbocycles. The molecule has 32 heavy (non-hydrogen) atoms. The van der Waals surface area contributed by atoms with E-state index in [4.69, 9.17) is 5.41 Å². The Balaban J connectivity index is 1.95. The molecule has 1 aliphatic rings. The summed E-state index contributed by atoms with van der Waals surface area (Å²) >= 11 is 0. The van der Waals surface area contributed by atoms with Crippen molar-refractivity contribution in [3.63, 3.8) is 0 Å². The molecule has 0 bridgehead atoms. The van der Waals surface area contributed by atoms with Crippen molar-refractivity contribution in [2.45, 2.75) is 51.1 Å². The van der Waals surface area contributed by atoms with Crippen LogP contribution in [-0.4, -0.2) is 23.0 Å². The molecule has 0 spiro atoms. The van der Waals surface area contributed by atoms with Crippen LogP contribution in [-0.2, 0) is 18.5 Å². The molecule has 0 atom stereocenters. The second-order valence-corrected chi connectivity index (χ2v) is 8.04. The van der Waals surface area contributed by atoms with Crippen molar-refractivity contribution >= 4 is 16.6 Å². The number of H-pyrrole nitrogens is 1. The summed E-state index contributed by atoms with van der Waals surface area (Å²) in [5, 5.41) is 8.05. The van der Waals surface area contributed by atoms with Crippen molar-refractivity contribution in [3.05, 3.63) is 58.1 Å². The lowest BCUT2D eigenvalue weighted by Gasteiger charge is -2.30. The quantitative estimate of drug-likeness (QED) is 0.388. The molecule has 0 unspecified atom stereocenters. The fraction of sp³-hybridized carbons (Fsp3) is 0.348. The molecule has 0 fully saturated rings. The molecule has 0 saturated heterocycles. The Bertz CT molecular complexity index is 1220. The number of rotatable bonds is 3. The number of aromatic nitrogens is 1. The summed E-state index contributed by atoms with van der Waals surface area (Å²) < 4.78 is 94.7. The molecule has 4 rings (SSSR count). The van der Waals surface area contributed by atoms with Crippen LogP contribution in [0.15, 0.2) is 30.3 Å². The first-order chi connectivity index (χ1) is 14.8. The van der Waals surface area contributed by atoms with Crippen molar-refractivity contribution in [1.82, 2.24) is 4.98 Å². The Kier molecular flexibility index (Phi) is 4.95. The Morgan fingerprint density at radius 2 is 1.59 bits per heavy atom. The van der Waals surface area contributed by atoms with Gasteiger partial charge < -0.3 is 10.4 Å². The number of alkyl halides is 7. The molecule has 2 aromatic carbocycles. The maximum absolute atomic E-state index is 14.8. The number of aromatic amines is 1. The Labute approximate surface area is 179 Å². The predicted molar refractivity (Wildman–Crippen MR) is 108 cm³/mol. The van der Waals surface area contributed by atoms with E-state index < -0.39 is 23.6 Å². The van der Waals surface area contributed by atoms with Gasteiger partial charge in [-0.1, -0.05) is 19.1 Å². The first-order valence-electron chi connectivity index (χ1n) is 9.98. The van der Waals surface area contributed by atoms with Gasteiger partial charge in [-0.25, -0.2) is 4.39 Å². The van der Waals surface area contributed by atoms with E-state index in [2.05, 4.69) is 4.98 Å². The molecule has 0 radical (unpaired) electrons. The zero-order valence-electron chi connectivity index (χ0n) is 17.2. The molecule has 1 aromatic heterocycles. The number of hydrogen-bond donors (Lipinski definition) is 2. The van der Waals surface area contributed by atoms with Crippen molar-refractivity contribution in [2.75, 3.05) is 0 Å². The molecule has 9 heteroatoms. The molecule has 170 valence electrons. The van der Waals surface area contributed by atoms with Gasteiger partial charge in [0.25, 0.3) is 0 Å². The molecule has 3 aromatic rings. The highest BCUT2D eigenvalue weighted by Gasteiger charge is 2.73. The zero-order valence-corrected chi connectivity index (χ0v) is 17.2. The standard InChI is InChI=1S/C23H19F7N2/c1-3-12-9-15(21(24,22(25,26)27)23(28,29)30)10-17-11(2)19(32-20(12)17)14-4-6-16-13(8-14)5-7-18(16)31/h4,6,8-10,31-32H,3,5,7H2,1-2H3. The van der Waals surface area contributed by atoms with Crippen molar-refractivity contribution in [2.24, 2.45) is 0 Å². The Hall–Kier alpha value is -2.84. The third kappa shape index (κ3) is 3.12. The molecule has 1 heterocycles. The third-order valence-electron chi connectivity index (χ3n) is 6.17. The number of halogens is 7. The predicted octanol–water partition coefficient (Wildman–Crippen LogP) is 7.31. The van der Waals surface area contributed by atoms with E-state index in [-0.39, 0.29) is 17.4 Å². The largest absolute Gasteiger partial charge is 0.435 e. The number of aryl methyl sites for hydroxylation is 3.